The van der Waals surface area contributed by atoms with Gasteiger partial charge in [-0.15, -0.1) is 0 Å². The zero-order valence-corrected chi connectivity index (χ0v) is 13.2. The summed E-state index contributed by atoms with van der Waals surface area (Å²) in [5, 5.41) is 2.67. The van der Waals surface area contributed by atoms with Gasteiger partial charge in [-0.2, -0.15) is 0 Å². The molecule has 0 bridgehead atoms. The van der Waals surface area contributed by atoms with Crippen LogP contribution in [0.15, 0.2) is 0 Å². The quantitative estimate of drug-likeness (QED) is 0.849. The van der Waals surface area contributed by atoms with E-state index in [1.165, 1.54) is 18.7 Å². The van der Waals surface area contributed by atoms with Crippen LogP contribution in [0, 0.1) is 0 Å². The molecule has 0 saturated carbocycles. The number of hydrogen-bond acceptors (Lipinski definition) is 5. The number of carbonyl (C=O) groups is 3. The third kappa shape index (κ3) is 6.27. The average Bonchev–Trinajstić information content (AvgIpc) is 2.55. The topological polar surface area (TPSA) is 75.7 Å². The summed E-state index contributed by atoms with van der Waals surface area (Å²) in [5.74, 6) is 0.0229. The lowest BCUT2D eigenvalue weighted by Gasteiger charge is -2.21. The maximum absolute atomic E-state index is 11.7. The van der Waals surface area contributed by atoms with E-state index in [0.717, 1.165) is 0 Å². The standard InChI is InChI=1S/C13H22N2O4S/c1-9(16)20-10-7-11(17)15(8-10)6-5-14-12(18)19-13(2,3)4/h10H,5-8H2,1-4H3,(H,14,18). The summed E-state index contributed by atoms with van der Waals surface area (Å²) in [6.07, 6.45) is -0.102. The lowest BCUT2D eigenvalue weighted by atomic mass is 10.2. The fourth-order valence-corrected chi connectivity index (χ4v) is 2.82. The van der Waals surface area contributed by atoms with Crippen molar-refractivity contribution in [1.29, 1.82) is 0 Å². The molecular formula is C13H22N2O4S. The highest BCUT2D eigenvalue weighted by atomic mass is 32.2. The van der Waals surface area contributed by atoms with Crippen LogP contribution >= 0.6 is 11.8 Å². The number of nitrogens with one attached hydrogen (secondary N) is 1. The molecule has 7 heteroatoms. The molecule has 1 unspecified atom stereocenters. The van der Waals surface area contributed by atoms with Gasteiger partial charge < -0.3 is 15.0 Å². The van der Waals surface area contributed by atoms with Crippen LogP contribution in [0.5, 0.6) is 0 Å². The summed E-state index contributed by atoms with van der Waals surface area (Å²) in [5.41, 5.74) is -0.531. The van der Waals surface area contributed by atoms with E-state index in [9.17, 15) is 14.4 Å². The van der Waals surface area contributed by atoms with E-state index in [0.29, 0.717) is 26.1 Å². The van der Waals surface area contributed by atoms with E-state index < -0.39 is 11.7 Å². The van der Waals surface area contributed by atoms with Crippen LogP contribution < -0.4 is 5.32 Å². The van der Waals surface area contributed by atoms with Crippen LogP contribution in [0.25, 0.3) is 0 Å². The highest BCUT2D eigenvalue weighted by Gasteiger charge is 2.30. The molecule has 20 heavy (non-hydrogen) atoms. The second-order valence-electron chi connectivity index (χ2n) is 5.70. The number of thioether (sulfide) groups is 1. The van der Waals surface area contributed by atoms with Gasteiger partial charge in [0.1, 0.15) is 5.60 Å². The zero-order valence-electron chi connectivity index (χ0n) is 12.4. The van der Waals surface area contributed by atoms with Gasteiger partial charge in [0, 0.05) is 38.2 Å². The van der Waals surface area contributed by atoms with E-state index in [4.69, 9.17) is 4.74 Å². The fourth-order valence-electron chi connectivity index (χ4n) is 1.87. The minimum absolute atomic E-state index is 0.0229. The SMILES string of the molecule is CC(=O)SC1CC(=O)N(CCNC(=O)OC(C)(C)C)C1. The normalized spacial score (nSPS) is 19.1. The smallest absolute Gasteiger partial charge is 0.407 e. The number of amides is 2. The molecule has 1 heterocycles. The van der Waals surface area contributed by atoms with Crippen LogP contribution in [0.3, 0.4) is 0 Å². The van der Waals surface area contributed by atoms with Crippen molar-refractivity contribution in [3.05, 3.63) is 0 Å². The number of alkyl carbamates (subject to hydrolysis) is 1. The van der Waals surface area contributed by atoms with Crippen LogP contribution in [-0.2, 0) is 14.3 Å². The number of likely N-dealkylation sites (tertiary alicyclic amines) is 1. The highest BCUT2D eigenvalue weighted by molar-refractivity contribution is 8.14. The average molecular weight is 302 g/mol. The molecule has 0 radical (unpaired) electrons. The van der Waals surface area contributed by atoms with Crippen molar-refractivity contribution in [3.63, 3.8) is 0 Å². The van der Waals surface area contributed by atoms with Gasteiger partial charge in [0.15, 0.2) is 5.12 Å². The molecule has 0 aromatic heterocycles. The second-order valence-corrected chi connectivity index (χ2v) is 7.18. The van der Waals surface area contributed by atoms with E-state index in [-0.39, 0.29) is 16.3 Å². The Morgan fingerprint density at radius 1 is 1.45 bits per heavy atom. The summed E-state index contributed by atoms with van der Waals surface area (Å²) < 4.78 is 5.10. The Kier molecular flexibility index (Phi) is 5.86. The first kappa shape index (κ1) is 16.8. The monoisotopic (exact) mass is 302 g/mol. The number of rotatable bonds is 4. The van der Waals surface area contributed by atoms with Crippen molar-refractivity contribution in [3.8, 4) is 0 Å². The third-order valence-corrected chi connectivity index (χ3v) is 3.54. The third-order valence-electron chi connectivity index (χ3n) is 2.56. The molecule has 1 atom stereocenters. The zero-order chi connectivity index (χ0) is 15.3. The van der Waals surface area contributed by atoms with Gasteiger partial charge in [0.2, 0.25) is 5.91 Å². The molecule has 0 aromatic carbocycles. The molecule has 0 spiro atoms. The summed E-state index contributed by atoms with van der Waals surface area (Å²) >= 11 is 1.20. The minimum atomic E-state index is -0.531. The van der Waals surface area contributed by atoms with Crippen molar-refractivity contribution < 1.29 is 19.1 Å². The van der Waals surface area contributed by atoms with Gasteiger partial charge in [-0.1, -0.05) is 11.8 Å². The number of hydrogen-bond donors (Lipinski definition) is 1. The molecule has 0 aliphatic carbocycles. The Bertz CT molecular complexity index is 392. The maximum Gasteiger partial charge on any atom is 0.407 e. The summed E-state index contributed by atoms with van der Waals surface area (Å²) in [7, 11) is 0. The number of carbonyl (C=O) groups excluding carboxylic acids is 3. The molecule has 1 N–H and O–H groups in total. The van der Waals surface area contributed by atoms with Crippen LogP contribution in [0.4, 0.5) is 4.79 Å². The van der Waals surface area contributed by atoms with Gasteiger partial charge >= 0.3 is 6.09 Å². The Labute approximate surface area is 123 Å². The summed E-state index contributed by atoms with van der Waals surface area (Å²) in [6, 6.07) is 0. The first-order valence-electron chi connectivity index (χ1n) is 6.59. The summed E-state index contributed by atoms with van der Waals surface area (Å²) in [4.78, 5) is 35.8. The first-order chi connectivity index (χ1) is 9.17. The molecule has 6 nitrogen and oxygen atoms in total. The van der Waals surface area contributed by atoms with Crippen LogP contribution in [0.1, 0.15) is 34.1 Å². The van der Waals surface area contributed by atoms with Gasteiger partial charge in [-0.05, 0) is 20.8 Å². The van der Waals surface area contributed by atoms with Gasteiger partial charge in [-0.25, -0.2) is 4.79 Å². The Morgan fingerprint density at radius 2 is 2.10 bits per heavy atom. The molecular weight excluding hydrogens is 280 g/mol. The van der Waals surface area contributed by atoms with Gasteiger partial charge in [0.25, 0.3) is 0 Å². The Morgan fingerprint density at radius 3 is 2.65 bits per heavy atom. The molecule has 1 rings (SSSR count). The van der Waals surface area contributed by atoms with Gasteiger partial charge in [0.05, 0.1) is 0 Å². The number of nitrogens with zero attached hydrogens (tertiary/aromatic N) is 1. The molecule has 1 aliphatic rings. The molecule has 1 fully saturated rings. The molecule has 2 amide bonds. The maximum atomic E-state index is 11.7. The molecule has 0 aromatic rings. The second kappa shape index (κ2) is 6.97. The van der Waals surface area contributed by atoms with E-state index in [1.54, 1.807) is 25.7 Å². The van der Waals surface area contributed by atoms with E-state index in [1.807, 2.05) is 0 Å². The van der Waals surface area contributed by atoms with Crippen molar-refractivity contribution in [1.82, 2.24) is 10.2 Å². The predicted octanol–water partition coefficient (Wildman–Crippen LogP) is 1.39. The van der Waals surface area contributed by atoms with Crippen LogP contribution in [0.2, 0.25) is 0 Å². The lowest BCUT2D eigenvalue weighted by Crippen LogP contribution is -2.38. The lowest BCUT2D eigenvalue weighted by molar-refractivity contribution is -0.127. The van der Waals surface area contributed by atoms with E-state index in [2.05, 4.69) is 5.32 Å². The predicted molar refractivity (Wildman–Crippen MR) is 77.5 cm³/mol. The fraction of sp³-hybridized carbons (Fsp3) is 0.769. The number of ether oxygens (including phenoxy) is 1. The van der Waals surface area contributed by atoms with Crippen molar-refractivity contribution in [2.24, 2.45) is 0 Å². The van der Waals surface area contributed by atoms with Crippen LogP contribution in [-0.4, -0.2) is 52.5 Å². The van der Waals surface area contributed by atoms with Crippen molar-refractivity contribution in [2.45, 2.75) is 45.0 Å². The Balaban J connectivity index is 2.27. The largest absolute Gasteiger partial charge is 0.444 e. The van der Waals surface area contributed by atoms with Crippen molar-refractivity contribution in [2.75, 3.05) is 19.6 Å². The highest BCUT2D eigenvalue weighted by Crippen LogP contribution is 2.23. The Hall–Kier alpha value is -1.24. The molecule has 1 saturated heterocycles. The molecule has 114 valence electrons. The summed E-state index contributed by atoms with van der Waals surface area (Å²) in [6.45, 7) is 8.21. The first-order valence-corrected chi connectivity index (χ1v) is 7.47. The van der Waals surface area contributed by atoms with Gasteiger partial charge in [-0.3, -0.25) is 9.59 Å². The van der Waals surface area contributed by atoms with E-state index >= 15 is 0 Å². The molecule has 1 aliphatic heterocycles. The van der Waals surface area contributed by atoms with Crippen molar-refractivity contribution >= 4 is 28.9 Å². The minimum Gasteiger partial charge on any atom is -0.444 e.